The van der Waals surface area contributed by atoms with Crippen LogP contribution in [-0.2, 0) is 16.0 Å². The number of rotatable bonds is 4. The Bertz CT molecular complexity index is 700. The van der Waals surface area contributed by atoms with Crippen LogP contribution < -0.4 is 0 Å². The van der Waals surface area contributed by atoms with E-state index in [1.54, 1.807) is 0 Å². The SMILES string of the molecule is COC(=O)[C@@H]1CN(CCc2c[nH]c3ccc(Br)cc23)CC[C@@H]1O. The summed E-state index contributed by atoms with van der Waals surface area (Å²) >= 11 is 3.51. The fourth-order valence-corrected chi connectivity index (χ4v) is 3.59. The number of benzene rings is 1. The smallest absolute Gasteiger partial charge is 0.312 e. The largest absolute Gasteiger partial charge is 0.469 e. The molecule has 0 saturated carbocycles. The first-order chi connectivity index (χ1) is 11.1. The van der Waals surface area contributed by atoms with Crippen molar-refractivity contribution in [3.63, 3.8) is 0 Å². The van der Waals surface area contributed by atoms with Gasteiger partial charge in [0.1, 0.15) is 0 Å². The second-order valence-corrected chi connectivity index (χ2v) is 6.96. The van der Waals surface area contributed by atoms with E-state index in [1.807, 2.05) is 12.3 Å². The maximum Gasteiger partial charge on any atom is 0.312 e. The van der Waals surface area contributed by atoms with E-state index in [0.717, 1.165) is 29.5 Å². The zero-order valence-corrected chi connectivity index (χ0v) is 14.7. The van der Waals surface area contributed by atoms with Crippen molar-refractivity contribution in [2.24, 2.45) is 5.92 Å². The standard InChI is InChI=1S/C17H21BrN2O3/c1-23-17(22)14-10-20(7-5-16(14)21)6-4-11-9-19-15-3-2-12(18)8-13(11)15/h2-3,8-9,14,16,19,21H,4-7,10H2,1H3/t14-,16+/m1/s1. The Morgan fingerprint density at radius 3 is 3.13 bits per heavy atom. The van der Waals surface area contributed by atoms with Crippen molar-refractivity contribution >= 4 is 32.8 Å². The van der Waals surface area contributed by atoms with Crippen LogP contribution in [0, 0.1) is 5.92 Å². The number of aromatic nitrogens is 1. The molecule has 2 aromatic rings. The number of H-pyrrole nitrogens is 1. The number of fused-ring (bicyclic) bond motifs is 1. The number of piperidine rings is 1. The average molecular weight is 381 g/mol. The Balaban J connectivity index is 1.65. The molecule has 1 aromatic heterocycles. The van der Waals surface area contributed by atoms with Crippen molar-refractivity contribution in [1.29, 1.82) is 0 Å². The molecule has 1 fully saturated rings. The van der Waals surface area contributed by atoms with Gasteiger partial charge in [-0.1, -0.05) is 15.9 Å². The summed E-state index contributed by atoms with van der Waals surface area (Å²) in [6.07, 6.45) is 2.97. The number of carbonyl (C=O) groups is 1. The molecule has 0 radical (unpaired) electrons. The van der Waals surface area contributed by atoms with Gasteiger partial charge in [0.15, 0.2) is 0 Å². The maximum absolute atomic E-state index is 11.7. The van der Waals surface area contributed by atoms with Crippen molar-refractivity contribution in [3.05, 3.63) is 34.4 Å². The van der Waals surface area contributed by atoms with Gasteiger partial charge >= 0.3 is 5.97 Å². The lowest BCUT2D eigenvalue weighted by Gasteiger charge is -2.34. The van der Waals surface area contributed by atoms with Crippen LogP contribution in [0.4, 0.5) is 0 Å². The maximum atomic E-state index is 11.7. The van der Waals surface area contributed by atoms with E-state index in [1.165, 1.54) is 18.1 Å². The minimum atomic E-state index is -0.595. The number of methoxy groups -OCH3 is 1. The number of hydrogen-bond acceptors (Lipinski definition) is 4. The Labute approximate surface area is 143 Å². The number of nitrogens with one attached hydrogen (secondary N) is 1. The van der Waals surface area contributed by atoms with E-state index in [-0.39, 0.29) is 5.97 Å². The summed E-state index contributed by atoms with van der Waals surface area (Å²) in [5, 5.41) is 11.2. The highest BCUT2D eigenvalue weighted by atomic mass is 79.9. The fraction of sp³-hybridized carbons (Fsp3) is 0.471. The molecule has 3 rings (SSSR count). The predicted molar refractivity (Wildman–Crippen MR) is 92.3 cm³/mol. The second-order valence-electron chi connectivity index (χ2n) is 6.04. The fourth-order valence-electron chi connectivity index (χ4n) is 3.23. The second kappa shape index (κ2) is 7.03. The Morgan fingerprint density at radius 1 is 1.52 bits per heavy atom. The molecule has 23 heavy (non-hydrogen) atoms. The molecule has 0 amide bonds. The van der Waals surface area contributed by atoms with Crippen molar-refractivity contribution in [2.75, 3.05) is 26.7 Å². The minimum Gasteiger partial charge on any atom is -0.469 e. The topological polar surface area (TPSA) is 65.6 Å². The van der Waals surface area contributed by atoms with Crippen LogP contribution in [-0.4, -0.2) is 53.8 Å². The Morgan fingerprint density at radius 2 is 2.35 bits per heavy atom. The van der Waals surface area contributed by atoms with Gasteiger partial charge in [0.2, 0.25) is 0 Å². The molecule has 1 saturated heterocycles. The molecular formula is C17H21BrN2O3. The monoisotopic (exact) mass is 380 g/mol. The number of hydrogen-bond donors (Lipinski definition) is 2. The van der Waals surface area contributed by atoms with Gasteiger partial charge in [-0.2, -0.15) is 0 Å². The molecule has 2 heterocycles. The lowest BCUT2D eigenvalue weighted by molar-refractivity contribution is -0.152. The molecule has 1 aliphatic heterocycles. The molecule has 5 nitrogen and oxygen atoms in total. The lowest BCUT2D eigenvalue weighted by atomic mass is 9.94. The highest BCUT2D eigenvalue weighted by Crippen LogP contribution is 2.24. The summed E-state index contributed by atoms with van der Waals surface area (Å²) in [6.45, 7) is 2.22. The van der Waals surface area contributed by atoms with Crippen molar-refractivity contribution in [1.82, 2.24) is 9.88 Å². The van der Waals surface area contributed by atoms with Gasteiger partial charge in [-0.15, -0.1) is 0 Å². The van der Waals surface area contributed by atoms with E-state index in [2.05, 4.69) is 37.9 Å². The molecule has 6 heteroatoms. The molecule has 2 N–H and O–H groups in total. The highest BCUT2D eigenvalue weighted by Gasteiger charge is 2.33. The highest BCUT2D eigenvalue weighted by molar-refractivity contribution is 9.10. The van der Waals surface area contributed by atoms with Gasteiger partial charge in [-0.3, -0.25) is 4.79 Å². The lowest BCUT2D eigenvalue weighted by Crippen LogP contribution is -2.47. The van der Waals surface area contributed by atoms with Crippen LogP contribution in [0.2, 0.25) is 0 Å². The van der Waals surface area contributed by atoms with Crippen LogP contribution in [0.15, 0.2) is 28.9 Å². The molecule has 1 aliphatic rings. The van der Waals surface area contributed by atoms with E-state index in [9.17, 15) is 9.90 Å². The molecular weight excluding hydrogens is 360 g/mol. The quantitative estimate of drug-likeness (QED) is 0.798. The van der Waals surface area contributed by atoms with Crippen LogP contribution in [0.3, 0.4) is 0 Å². The van der Waals surface area contributed by atoms with Crippen LogP contribution in [0.1, 0.15) is 12.0 Å². The van der Waals surface area contributed by atoms with E-state index >= 15 is 0 Å². The Kier molecular flexibility index (Phi) is 5.04. The average Bonchev–Trinajstić information content (AvgIpc) is 2.95. The number of esters is 1. The summed E-state index contributed by atoms with van der Waals surface area (Å²) in [4.78, 5) is 17.3. The first-order valence-corrected chi connectivity index (χ1v) is 8.61. The van der Waals surface area contributed by atoms with Crippen LogP contribution in [0.25, 0.3) is 10.9 Å². The molecule has 0 spiro atoms. The zero-order valence-electron chi connectivity index (χ0n) is 13.1. The Hall–Kier alpha value is -1.37. The summed E-state index contributed by atoms with van der Waals surface area (Å²) < 4.78 is 5.86. The summed E-state index contributed by atoms with van der Waals surface area (Å²) in [5.41, 5.74) is 2.40. The number of nitrogens with zero attached hydrogens (tertiary/aromatic N) is 1. The predicted octanol–water partition coefficient (Wildman–Crippen LogP) is 2.33. The number of aromatic amines is 1. The van der Waals surface area contributed by atoms with E-state index in [4.69, 9.17) is 4.74 Å². The van der Waals surface area contributed by atoms with Gasteiger partial charge in [0, 0.05) is 41.2 Å². The number of carbonyl (C=O) groups excluding carboxylic acids is 1. The van der Waals surface area contributed by atoms with Crippen molar-refractivity contribution in [3.8, 4) is 0 Å². The normalized spacial score (nSPS) is 22.4. The van der Waals surface area contributed by atoms with E-state index in [0.29, 0.717) is 13.0 Å². The van der Waals surface area contributed by atoms with Crippen molar-refractivity contribution < 1.29 is 14.6 Å². The first kappa shape index (κ1) is 16.5. The number of ether oxygens (including phenoxy) is 1. The molecule has 0 aliphatic carbocycles. The summed E-state index contributed by atoms with van der Waals surface area (Å²) in [6, 6.07) is 6.21. The van der Waals surface area contributed by atoms with Crippen molar-refractivity contribution in [2.45, 2.75) is 18.9 Å². The van der Waals surface area contributed by atoms with Crippen LogP contribution >= 0.6 is 15.9 Å². The molecule has 124 valence electrons. The van der Waals surface area contributed by atoms with Gasteiger partial charge in [0.05, 0.1) is 19.1 Å². The number of halogens is 1. The molecule has 0 unspecified atom stereocenters. The van der Waals surface area contributed by atoms with Gasteiger partial charge in [-0.25, -0.2) is 0 Å². The van der Waals surface area contributed by atoms with Crippen LogP contribution in [0.5, 0.6) is 0 Å². The number of likely N-dealkylation sites (tertiary alicyclic amines) is 1. The zero-order chi connectivity index (χ0) is 16.4. The third-order valence-corrected chi connectivity index (χ3v) is 5.08. The van der Waals surface area contributed by atoms with Gasteiger partial charge < -0.3 is 19.7 Å². The van der Waals surface area contributed by atoms with Gasteiger partial charge in [-0.05, 0) is 36.6 Å². The third-order valence-electron chi connectivity index (χ3n) is 4.59. The third kappa shape index (κ3) is 3.59. The molecule has 1 aromatic carbocycles. The molecule has 2 atom stereocenters. The number of aliphatic hydroxyl groups is 1. The minimum absolute atomic E-state index is 0.321. The first-order valence-electron chi connectivity index (χ1n) is 7.82. The molecule has 0 bridgehead atoms. The van der Waals surface area contributed by atoms with Gasteiger partial charge in [0.25, 0.3) is 0 Å². The van der Waals surface area contributed by atoms with E-state index < -0.39 is 12.0 Å². The number of aliphatic hydroxyl groups excluding tert-OH is 1. The summed E-state index contributed by atoms with van der Waals surface area (Å²) in [5.74, 6) is -0.760. The summed E-state index contributed by atoms with van der Waals surface area (Å²) in [7, 11) is 1.37.